The lowest BCUT2D eigenvalue weighted by Gasteiger charge is -2.54. The van der Waals surface area contributed by atoms with Gasteiger partial charge in [0.05, 0.1) is 5.54 Å². The van der Waals surface area contributed by atoms with Crippen molar-refractivity contribution in [2.24, 2.45) is 5.41 Å². The first-order valence-corrected chi connectivity index (χ1v) is 8.18. The second-order valence-corrected chi connectivity index (χ2v) is 7.52. The third kappa shape index (κ3) is 2.12. The molecule has 2 aliphatic carbocycles. The molecule has 1 aromatic rings. The molecule has 0 amide bonds. The van der Waals surface area contributed by atoms with Crippen LogP contribution in [0.3, 0.4) is 0 Å². The van der Waals surface area contributed by atoms with E-state index in [0.29, 0.717) is 5.41 Å². The van der Waals surface area contributed by atoms with Crippen LogP contribution in [0.15, 0.2) is 11.6 Å². The van der Waals surface area contributed by atoms with E-state index >= 15 is 0 Å². The van der Waals surface area contributed by atoms with Crippen molar-refractivity contribution in [2.75, 3.05) is 0 Å². The number of aromatic nitrogens is 1. The number of hydrogen-bond donors (Lipinski definition) is 1. The van der Waals surface area contributed by atoms with Gasteiger partial charge in [-0.15, -0.1) is 11.3 Å². The van der Waals surface area contributed by atoms with E-state index in [9.17, 15) is 0 Å². The van der Waals surface area contributed by atoms with Gasteiger partial charge in [0.15, 0.2) is 0 Å². The molecule has 3 heteroatoms. The van der Waals surface area contributed by atoms with E-state index in [-0.39, 0.29) is 5.54 Å². The highest BCUT2D eigenvalue weighted by atomic mass is 32.1. The molecule has 0 saturated heterocycles. The summed E-state index contributed by atoms with van der Waals surface area (Å²) in [5.74, 6) is 0. The summed E-state index contributed by atoms with van der Waals surface area (Å²) in [6.45, 7) is 4.56. The van der Waals surface area contributed by atoms with Gasteiger partial charge in [-0.1, -0.05) is 19.3 Å². The lowest BCUT2D eigenvalue weighted by molar-refractivity contribution is 0.00685. The molecule has 2 fully saturated rings. The van der Waals surface area contributed by atoms with Crippen molar-refractivity contribution in [2.45, 2.75) is 70.4 Å². The molecule has 1 aromatic heterocycles. The minimum absolute atomic E-state index is 0.0314. The number of nitrogens with zero attached hydrogens (tertiary/aromatic N) is 1. The largest absolute Gasteiger partial charge is 0.303 e. The lowest BCUT2D eigenvalue weighted by Crippen LogP contribution is -2.58. The zero-order valence-electron chi connectivity index (χ0n) is 11.5. The number of nitrogens with one attached hydrogen (secondary N) is 1. The second-order valence-electron chi connectivity index (χ2n) is 6.62. The summed E-state index contributed by atoms with van der Waals surface area (Å²) in [6.07, 6.45) is 11.9. The van der Waals surface area contributed by atoms with Crippen LogP contribution in [0.1, 0.15) is 63.8 Å². The van der Waals surface area contributed by atoms with Crippen molar-refractivity contribution in [1.29, 1.82) is 0 Å². The van der Waals surface area contributed by atoms with Crippen LogP contribution in [0.5, 0.6) is 0 Å². The Balaban J connectivity index is 1.69. The van der Waals surface area contributed by atoms with E-state index in [1.807, 2.05) is 6.20 Å². The van der Waals surface area contributed by atoms with Crippen LogP contribution in [-0.4, -0.2) is 11.0 Å². The molecule has 2 nitrogen and oxygen atoms in total. The van der Waals surface area contributed by atoms with E-state index < -0.39 is 0 Å². The molecule has 0 bridgehead atoms. The van der Waals surface area contributed by atoms with Gasteiger partial charge in [-0.25, -0.2) is 4.98 Å². The normalized spacial score (nSPS) is 27.1. The minimum atomic E-state index is 0.0314. The van der Waals surface area contributed by atoms with Crippen molar-refractivity contribution in [3.63, 3.8) is 0 Å². The molecular formula is C15H24N2S. The third-order valence-corrected chi connectivity index (χ3v) is 6.12. The molecule has 2 aliphatic rings. The molecule has 1 heterocycles. The summed E-state index contributed by atoms with van der Waals surface area (Å²) in [5.41, 5.74) is 0.663. The first kappa shape index (κ1) is 12.6. The van der Waals surface area contributed by atoms with Crippen molar-refractivity contribution < 1.29 is 0 Å². The summed E-state index contributed by atoms with van der Waals surface area (Å²) in [4.78, 5) is 4.49. The van der Waals surface area contributed by atoms with Gasteiger partial charge in [-0.3, -0.25) is 0 Å². The second kappa shape index (κ2) is 4.61. The van der Waals surface area contributed by atoms with Crippen LogP contribution >= 0.6 is 11.3 Å². The third-order valence-electron chi connectivity index (χ3n) is 5.02. The molecule has 3 rings (SSSR count). The molecule has 0 radical (unpaired) electrons. The predicted octanol–water partition coefficient (Wildman–Crippen LogP) is 4.08. The minimum Gasteiger partial charge on any atom is -0.303 e. The predicted molar refractivity (Wildman–Crippen MR) is 76.8 cm³/mol. The Morgan fingerprint density at radius 3 is 2.61 bits per heavy atom. The maximum atomic E-state index is 4.49. The average Bonchev–Trinajstić information content (AvgIpc) is 2.91. The summed E-state index contributed by atoms with van der Waals surface area (Å²) in [6, 6.07) is 0.719. The number of hydrogen-bond acceptors (Lipinski definition) is 3. The fourth-order valence-corrected chi connectivity index (χ4v) is 4.53. The maximum Gasteiger partial charge on any atom is 0.112 e. The molecule has 18 heavy (non-hydrogen) atoms. The van der Waals surface area contributed by atoms with Crippen molar-refractivity contribution in [3.8, 4) is 0 Å². The zero-order chi connectivity index (χ0) is 12.6. The molecule has 0 aliphatic heterocycles. The summed E-state index contributed by atoms with van der Waals surface area (Å²) < 4.78 is 0. The molecule has 0 aromatic carbocycles. The van der Waals surface area contributed by atoms with E-state index in [1.165, 1.54) is 50.0 Å². The monoisotopic (exact) mass is 264 g/mol. The van der Waals surface area contributed by atoms with Crippen molar-refractivity contribution in [3.05, 3.63) is 16.6 Å². The molecule has 100 valence electrons. The summed E-state index contributed by atoms with van der Waals surface area (Å²) in [7, 11) is 0. The quantitative estimate of drug-likeness (QED) is 0.889. The first-order valence-electron chi connectivity index (χ1n) is 7.30. The van der Waals surface area contributed by atoms with Crippen LogP contribution in [0.2, 0.25) is 0 Å². The zero-order valence-corrected chi connectivity index (χ0v) is 12.4. The average molecular weight is 264 g/mol. The van der Waals surface area contributed by atoms with Gasteiger partial charge in [-0.2, -0.15) is 0 Å². The molecular weight excluding hydrogens is 240 g/mol. The van der Waals surface area contributed by atoms with Crippen LogP contribution in [0, 0.1) is 5.41 Å². The van der Waals surface area contributed by atoms with Gasteiger partial charge < -0.3 is 5.32 Å². The maximum absolute atomic E-state index is 4.49. The fraction of sp³-hybridized carbons (Fsp3) is 0.800. The summed E-state index contributed by atoms with van der Waals surface area (Å²) in [5, 5.41) is 7.21. The Morgan fingerprint density at radius 1 is 1.28 bits per heavy atom. The van der Waals surface area contributed by atoms with Crippen LogP contribution in [0.25, 0.3) is 0 Å². The van der Waals surface area contributed by atoms with Crippen LogP contribution in [-0.2, 0) is 5.54 Å². The van der Waals surface area contributed by atoms with Gasteiger partial charge in [0.2, 0.25) is 0 Å². The Bertz CT molecular complexity index is 391. The standard InChI is InChI=1S/C15H24N2S/c1-14(2,13-16-10-11-18-13)17-12-6-9-15(12)7-4-3-5-8-15/h10-12,17H,3-9H2,1-2H3. The van der Waals surface area contributed by atoms with E-state index in [1.54, 1.807) is 11.3 Å². The van der Waals surface area contributed by atoms with E-state index in [2.05, 4.69) is 29.5 Å². The first-order chi connectivity index (χ1) is 8.62. The Labute approximate surface area is 114 Å². The van der Waals surface area contributed by atoms with E-state index in [4.69, 9.17) is 0 Å². The molecule has 1 unspecified atom stereocenters. The van der Waals surface area contributed by atoms with Gasteiger partial charge in [0, 0.05) is 17.6 Å². The van der Waals surface area contributed by atoms with Gasteiger partial charge in [0.25, 0.3) is 0 Å². The summed E-state index contributed by atoms with van der Waals surface area (Å²) >= 11 is 1.77. The molecule has 1 spiro atoms. The van der Waals surface area contributed by atoms with Crippen LogP contribution in [0.4, 0.5) is 0 Å². The van der Waals surface area contributed by atoms with Crippen LogP contribution < -0.4 is 5.32 Å². The van der Waals surface area contributed by atoms with E-state index in [0.717, 1.165) is 6.04 Å². The molecule has 1 atom stereocenters. The van der Waals surface area contributed by atoms with Crippen molar-refractivity contribution in [1.82, 2.24) is 10.3 Å². The van der Waals surface area contributed by atoms with Crippen molar-refractivity contribution >= 4 is 11.3 Å². The van der Waals surface area contributed by atoms with Gasteiger partial charge >= 0.3 is 0 Å². The molecule has 1 N–H and O–H groups in total. The fourth-order valence-electron chi connectivity index (χ4n) is 3.81. The highest BCUT2D eigenvalue weighted by Gasteiger charge is 2.48. The molecule has 2 saturated carbocycles. The number of rotatable bonds is 3. The smallest absolute Gasteiger partial charge is 0.112 e. The topological polar surface area (TPSA) is 24.9 Å². The Morgan fingerprint density at radius 2 is 2.06 bits per heavy atom. The van der Waals surface area contributed by atoms with Gasteiger partial charge in [0.1, 0.15) is 5.01 Å². The Hall–Kier alpha value is -0.410. The highest BCUT2D eigenvalue weighted by molar-refractivity contribution is 7.09. The lowest BCUT2D eigenvalue weighted by atomic mass is 9.57. The SMILES string of the molecule is CC(C)(NC1CCC12CCCCC2)c1nccs1. The van der Waals surface area contributed by atoms with Gasteiger partial charge in [-0.05, 0) is 44.9 Å². The number of thiazole rings is 1. The Kier molecular flexibility index (Phi) is 3.23. The highest BCUT2D eigenvalue weighted by Crippen LogP contribution is 2.52.